The van der Waals surface area contributed by atoms with Crippen LogP contribution in [0.2, 0.25) is 0 Å². The predicted molar refractivity (Wildman–Crippen MR) is 111 cm³/mol. The first-order chi connectivity index (χ1) is 13.4. The first-order valence-corrected chi connectivity index (χ1v) is 10.3. The third-order valence-corrected chi connectivity index (χ3v) is 5.89. The molecule has 2 heterocycles. The van der Waals surface area contributed by atoms with Gasteiger partial charge in [-0.3, -0.25) is 9.59 Å². The fourth-order valence-electron chi connectivity index (χ4n) is 4.62. The second kappa shape index (κ2) is 7.51. The van der Waals surface area contributed by atoms with Crippen molar-refractivity contribution in [3.63, 3.8) is 0 Å². The molecule has 3 aliphatic rings. The lowest BCUT2D eigenvalue weighted by Crippen LogP contribution is -2.43. The average Bonchev–Trinajstić information content (AvgIpc) is 3.01. The van der Waals surface area contributed by atoms with Crippen molar-refractivity contribution in [2.45, 2.75) is 79.1 Å². The van der Waals surface area contributed by atoms with Gasteiger partial charge in [0, 0.05) is 32.3 Å². The van der Waals surface area contributed by atoms with Crippen molar-refractivity contribution in [3.8, 4) is 0 Å². The van der Waals surface area contributed by atoms with E-state index < -0.39 is 17.8 Å². The van der Waals surface area contributed by atoms with Crippen LogP contribution in [0.1, 0.15) is 61.3 Å². The summed E-state index contributed by atoms with van der Waals surface area (Å²) in [6, 6.07) is 0. The van der Waals surface area contributed by atoms with Crippen molar-refractivity contribution in [1.82, 2.24) is 0 Å². The number of rotatable bonds is 2. The van der Waals surface area contributed by atoms with Crippen molar-refractivity contribution in [3.05, 3.63) is 46.8 Å². The maximum absolute atomic E-state index is 11.9. The fraction of sp³-hybridized carbons (Fsp3) is 0.583. The molecule has 4 atom stereocenters. The fourth-order valence-corrected chi connectivity index (χ4v) is 4.62. The molecule has 158 valence electrons. The summed E-state index contributed by atoms with van der Waals surface area (Å²) in [6.45, 7) is 13.2. The highest BCUT2D eigenvalue weighted by molar-refractivity contribution is 5.68. The van der Waals surface area contributed by atoms with Crippen molar-refractivity contribution in [1.29, 1.82) is 0 Å². The summed E-state index contributed by atoms with van der Waals surface area (Å²) in [4.78, 5) is 23.6. The van der Waals surface area contributed by atoms with E-state index in [2.05, 4.69) is 32.9 Å². The molecule has 5 heteroatoms. The summed E-state index contributed by atoms with van der Waals surface area (Å²) < 4.78 is 18.0. The van der Waals surface area contributed by atoms with E-state index >= 15 is 0 Å². The molecule has 29 heavy (non-hydrogen) atoms. The molecule has 0 saturated carbocycles. The first-order valence-electron chi connectivity index (χ1n) is 10.3. The molecule has 2 aliphatic heterocycles. The maximum Gasteiger partial charge on any atom is 0.303 e. The minimum atomic E-state index is -0.729. The Hall–Kier alpha value is -2.30. The van der Waals surface area contributed by atoms with E-state index in [0.717, 1.165) is 28.9 Å². The standard InChI is InChI=1S/C24H32O5/c1-14-10-19-11-15(2)20(27-17(4)25)8-9-23(6,7)13-21-16(3)22(28-18(5)26)24(19,12-14)29-21/h8-11,14,20,22H,12-13H2,1-7H3/b9-8+,15-11-/t14-,20-,22+,24+/m0/s1. The molecule has 2 bridgehead atoms. The van der Waals surface area contributed by atoms with Gasteiger partial charge in [-0.15, -0.1) is 0 Å². The molecule has 0 fully saturated rings. The molecule has 3 rings (SSSR count). The first kappa shape index (κ1) is 21.4. The minimum absolute atomic E-state index is 0.222. The number of ether oxygens (including phenoxy) is 3. The number of fused-ring (bicyclic) bond motifs is 1. The number of carbonyl (C=O) groups is 2. The van der Waals surface area contributed by atoms with Gasteiger partial charge in [0.2, 0.25) is 0 Å². The van der Waals surface area contributed by atoms with Gasteiger partial charge in [0.15, 0.2) is 11.7 Å². The monoisotopic (exact) mass is 400 g/mol. The molecule has 5 nitrogen and oxygen atoms in total. The van der Waals surface area contributed by atoms with Crippen molar-refractivity contribution in [2.75, 3.05) is 0 Å². The van der Waals surface area contributed by atoms with E-state index in [1.165, 1.54) is 13.8 Å². The molecule has 0 aromatic heterocycles. The Kier molecular flexibility index (Phi) is 5.54. The van der Waals surface area contributed by atoms with Crippen LogP contribution in [0.25, 0.3) is 0 Å². The van der Waals surface area contributed by atoms with Crippen LogP contribution in [0.15, 0.2) is 46.8 Å². The van der Waals surface area contributed by atoms with Gasteiger partial charge in [-0.2, -0.15) is 0 Å². The quantitative estimate of drug-likeness (QED) is 0.493. The number of esters is 2. The van der Waals surface area contributed by atoms with Crippen molar-refractivity contribution >= 4 is 11.9 Å². The largest absolute Gasteiger partial charge is 0.482 e. The van der Waals surface area contributed by atoms with E-state index in [1.807, 2.05) is 26.0 Å². The Morgan fingerprint density at radius 3 is 2.41 bits per heavy atom. The van der Waals surface area contributed by atoms with Crippen molar-refractivity contribution in [2.24, 2.45) is 11.3 Å². The van der Waals surface area contributed by atoms with Crippen LogP contribution in [0.3, 0.4) is 0 Å². The molecular formula is C24H32O5. The van der Waals surface area contributed by atoms with Gasteiger partial charge >= 0.3 is 11.9 Å². The van der Waals surface area contributed by atoms with Crippen LogP contribution in [-0.2, 0) is 23.8 Å². The van der Waals surface area contributed by atoms with Crippen LogP contribution in [0.4, 0.5) is 0 Å². The van der Waals surface area contributed by atoms with Gasteiger partial charge in [-0.1, -0.05) is 39.0 Å². The van der Waals surface area contributed by atoms with Crippen LogP contribution < -0.4 is 0 Å². The van der Waals surface area contributed by atoms with Crippen LogP contribution >= 0.6 is 0 Å². The van der Waals surface area contributed by atoms with Gasteiger partial charge in [0.25, 0.3) is 0 Å². The molecule has 0 amide bonds. The van der Waals surface area contributed by atoms with E-state index in [1.54, 1.807) is 0 Å². The van der Waals surface area contributed by atoms with Gasteiger partial charge < -0.3 is 14.2 Å². The Morgan fingerprint density at radius 1 is 1.14 bits per heavy atom. The summed E-state index contributed by atoms with van der Waals surface area (Å²) in [5, 5.41) is 0. The molecule has 1 spiro atoms. The average molecular weight is 401 g/mol. The normalized spacial score (nSPS) is 36.0. The van der Waals surface area contributed by atoms with Crippen molar-refractivity contribution < 1.29 is 23.8 Å². The lowest BCUT2D eigenvalue weighted by atomic mass is 9.82. The molecule has 0 unspecified atom stereocenters. The van der Waals surface area contributed by atoms with Gasteiger partial charge in [0.05, 0.1) is 0 Å². The summed E-state index contributed by atoms with van der Waals surface area (Å²) in [7, 11) is 0. The van der Waals surface area contributed by atoms with E-state index in [4.69, 9.17) is 14.2 Å². The number of hydrogen-bond donors (Lipinski definition) is 0. The van der Waals surface area contributed by atoms with E-state index in [0.29, 0.717) is 6.42 Å². The van der Waals surface area contributed by atoms with E-state index in [9.17, 15) is 9.59 Å². The highest BCUT2D eigenvalue weighted by atomic mass is 16.6. The minimum Gasteiger partial charge on any atom is -0.482 e. The van der Waals surface area contributed by atoms with Gasteiger partial charge in [-0.05, 0) is 42.4 Å². The molecule has 0 saturated heterocycles. The van der Waals surface area contributed by atoms with Crippen LogP contribution in [0.5, 0.6) is 0 Å². The zero-order valence-electron chi connectivity index (χ0n) is 18.5. The zero-order chi connectivity index (χ0) is 21.6. The Labute approximate surface area is 173 Å². The molecular weight excluding hydrogens is 368 g/mol. The third-order valence-electron chi connectivity index (χ3n) is 5.89. The van der Waals surface area contributed by atoms with Gasteiger partial charge in [-0.25, -0.2) is 0 Å². The Balaban J connectivity index is 2.16. The lowest BCUT2D eigenvalue weighted by molar-refractivity contribution is -0.152. The molecule has 0 aromatic carbocycles. The lowest BCUT2D eigenvalue weighted by Gasteiger charge is -2.34. The highest BCUT2D eigenvalue weighted by Crippen LogP contribution is 2.52. The predicted octanol–water partition coefficient (Wildman–Crippen LogP) is 4.79. The zero-order valence-corrected chi connectivity index (χ0v) is 18.5. The SMILES string of the molecule is CC(=O)O[C@H]1/C=C/C(C)(C)CC2=C(C)[C@@H](OC(C)=O)[C@]3(C[C@@H](C)C=C3/C=C\1C)O2. The second-order valence-corrected chi connectivity index (χ2v) is 9.33. The van der Waals surface area contributed by atoms with Gasteiger partial charge in [0.1, 0.15) is 11.9 Å². The summed E-state index contributed by atoms with van der Waals surface area (Å²) in [5.74, 6) is 0.515. The number of hydrogen-bond acceptors (Lipinski definition) is 5. The number of carbonyl (C=O) groups excluding carboxylic acids is 2. The third kappa shape index (κ3) is 4.19. The second-order valence-electron chi connectivity index (χ2n) is 9.33. The summed E-state index contributed by atoms with van der Waals surface area (Å²) in [5.41, 5.74) is 1.91. The van der Waals surface area contributed by atoms with E-state index in [-0.39, 0.29) is 23.3 Å². The maximum atomic E-state index is 11.9. The Morgan fingerprint density at radius 2 is 1.79 bits per heavy atom. The molecule has 0 radical (unpaired) electrons. The summed E-state index contributed by atoms with van der Waals surface area (Å²) >= 11 is 0. The molecule has 0 N–H and O–H groups in total. The highest BCUT2D eigenvalue weighted by Gasteiger charge is 2.56. The Bertz CT molecular complexity index is 841. The topological polar surface area (TPSA) is 61.8 Å². The summed E-state index contributed by atoms with van der Waals surface area (Å²) in [6.07, 6.45) is 8.74. The van der Waals surface area contributed by atoms with Crippen LogP contribution in [-0.4, -0.2) is 29.7 Å². The molecule has 0 aromatic rings. The smallest absolute Gasteiger partial charge is 0.303 e. The van der Waals surface area contributed by atoms with Crippen LogP contribution in [0, 0.1) is 11.3 Å². The molecule has 1 aliphatic carbocycles. The number of allylic oxidation sites excluding steroid dienone is 3.